The smallest absolute Gasteiger partial charge is 0.276 e. The van der Waals surface area contributed by atoms with Gasteiger partial charge in [0.2, 0.25) is 0 Å². The Hall–Kier alpha value is -2.24. The van der Waals surface area contributed by atoms with Crippen molar-refractivity contribution in [1.29, 1.82) is 0 Å². The molecule has 0 unspecified atom stereocenters. The summed E-state index contributed by atoms with van der Waals surface area (Å²) >= 11 is 7.56. The molecule has 4 nitrogen and oxygen atoms in total. The van der Waals surface area contributed by atoms with Crippen LogP contribution in [0.4, 0.5) is 5.69 Å². The van der Waals surface area contributed by atoms with E-state index in [1.165, 1.54) is 11.5 Å². The highest BCUT2D eigenvalue weighted by Crippen LogP contribution is 2.27. The molecule has 0 radical (unpaired) electrons. The Kier molecular flexibility index (Phi) is 5.16. The molecule has 0 aliphatic carbocycles. The quantitative estimate of drug-likeness (QED) is 0.687. The number of benzene rings is 2. The number of ketones is 1. The molecule has 1 N–H and O–H groups in total. The van der Waals surface area contributed by atoms with Crippen molar-refractivity contribution >= 4 is 50.6 Å². The van der Waals surface area contributed by atoms with Crippen LogP contribution in [0.3, 0.4) is 0 Å². The molecule has 3 rings (SSSR count). The van der Waals surface area contributed by atoms with Gasteiger partial charge in [-0.1, -0.05) is 49.7 Å². The summed E-state index contributed by atoms with van der Waals surface area (Å²) in [6.07, 6.45) is 0.336. The predicted octanol–water partition coefficient (Wildman–Crippen LogP) is 4.97. The number of rotatable bonds is 5. The van der Waals surface area contributed by atoms with E-state index in [0.717, 1.165) is 15.6 Å². The largest absolute Gasteiger partial charge is 0.319 e. The molecule has 0 spiro atoms. The summed E-state index contributed by atoms with van der Waals surface area (Å²) < 4.78 is 5.20. The van der Waals surface area contributed by atoms with E-state index in [4.69, 9.17) is 11.6 Å². The van der Waals surface area contributed by atoms with Crippen molar-refractivity contribution < 1.29 is 9.59 Å². The first-order valence-electron chi connectivity index (χ1n) is 7.92. The Bertz CT molecular complexity index is 950. The van der Waals surface area contributed by atoms with Crippen molar-refractivity contribution in [3.05, 3.63) is 58.7 Å². The maximum atomic E-state index is 12.5. The number of nitrogens with one attached hydrogen (secondary N) is 1. The number of carbonyl (C=O) groups is 2. The maximum absolute atomic E-state index is 12.5. The van der Waals surface area contributed by atoms with E-state index in [2.05, 4.69) is 9.69 Å². The van der Waals surface area contributed by atoms with E-state index in [9.17, 15) is 9.59 Å². The van der Waals surface area contributed by atoms with Crippen LogP contribution in [-0.2, 0) is 11.2 Å². The number of nitrogens with zero attached hydrogens (tertiary/aromatic N) is 1. The minimum atomic E-state index is -0.301. The molecule has 25 heavy (non-hydrogen) atoms. The third-order valence-electron chi connectivity index (χ3n) is 3.90. The van der Waals surface area contributed by atoms with Crippen LogP contribution in [0.2, 0.25) is 5.02 Å². The Balaban J connectivity index is 1.78. The number of amides is 1. The summed E-state index contributed by atoms with van der Waals surface area (Å²) in [7, 11) is 0. The van der Waals surface area contributed by atoms with Crippen molar-refractivity contribution in [2.24, 2.45) is 5.92 Å². The minimum absolute atomic E-state index is 0.0175. The standard InChI is InChI=1S/C19H17ClN2O2S/c1-11(2)16(23)10-12-7-8-15(14(20)9-12)21-19(24)18-13-5-3-4-6-17(13)25-22-18/h3-9,11H,10H2,1-2H3,(H,21,24). The van der Waals surface area contributed by atoms with Gasteiger partial charge in [-0.15, -0.1) is 0 Å². The number of carbonyl (C=O) groups excluding carboxylic acids is 2. The molecule has 6 heteroatoms. The van der Waals surface area contributed by atoms with E-state index in [1.807, 2.05) is 38.1 Å². The van der Waals surface area contributed by atoms with E-state index >= 15 is 0 Å². The maximum Gasteiger partial charge on any atom is 0.276 e. The molecule has 1 heterocycles. The van der Waals surface area contributed by atoms with Gasteiger partial charge in [0.15, 0.2) is 0 Å². The highest BCUT2D eigenvalue weighted by Gasteiger charge is 2.16. The fourth-order valence-electron chi connectivity index (χ4n) is 2.41. The topological polar surface area (TPSA) is 59.1 Å². The summed E-state index contributed by atoms with van der Waals surface area (Å²) in [5, 5.41) is 4.02. The molecule has 3 aromatic rings. The highest BCUT2D eigenvalue weighted by molar-refractivity contribution is 7.13. The third kappa shape index (κ3) is 3.89. The van der Waals surface area contributed by atoms with Gasteiger partial charge < -0.3 is 5.32 Å². The van der Waals surface area contributed by atoms with Crippen LogP contribution in [0.25, 0.3) is 10.1 Å². The lowest BCUT2D eigenvalue weighted by molar-refractivity contribution is -0.121. The van der Waals surface area contributed by atoms with Crippen molar-refractivity contribution in [2.75, 3.05) is 5.32 Å². The zero-order valence-electron chi connectivity index (χ0n) is 13.9. The van der Waals surface area contributed by atoms with Gasteiger partial charge in [0.05, 0.1) is 15.4 Å². The second-order valence-corrected chi connectivity index (χ2v) is 7.31. The minimum Gasteiger partial charge on any atom is -0.319 e. The molecular formula is C19H17ClN2O2S. The van der Waals surface area contributed by atoms with E-state index < -0.39 is 0 Å². The second-order valence-electron chi connectivity index (χ2n) is 6.09. The van der Waals surface area contributed by atoms with Crippen LogP contribution in [0.1, 0.15) is 29.9 Å². The molecule has 0 aliphatic heterocycles. The lowest BCUT2D eigenvalue weighted by atomic mass is 10.0. The van der Waals surface area contributed by atoms with Crippen LogP contribution >= 0.6 is 23.1 Å². The van der Waals surface area contributed by atoms with Gasteiger partial charge in [0, 0.05) is 17.7 Å². The second kappa shape index (κ2) is 7.33. The van der Waals surface area contributed by atoms with Crippen LogP contribution in [-0.4, -0.2) is 16.1 Å². The summed E-state index contributed by atoms with van der Waals surface area (Å²) in [6.45, 7) is 3.74. The average molecular weight is 373 g/mol. The molecule has 0 bridgehead atoms. The number of fused-ring (bicyclic) bond motifs is 1. The highest BCUT2D eigenvalue weighted by atomic mass is 35.5. The lowest BCUT2D eigenvalue weighted by Gasteiger charge is -2.09. The molecule has 2 aromatic carbocycles. The fraction of sp³-hybridized carbons (Fsp3) is 0.211. The van der Waals surface area contributed by atoms with Crippen molar-refractivity contribution in [3.8, 4) is 0 Å². The molecule has 0 saturated heterocycles. The first-order chi connectivity index (χ1) is 12.0. The molecule has 0 atom stereocenters. The Labute approximate surface area is 155 Å². The molecular weight excluding hydrogens is 356 g/mol. The summed E-state index contributed by atoms with van der Waals surface area (Å²) in [6, 6.07) is 12.8. The first kappa shape index (κ1) is 17.6. The Morgan fingerprint density at radius 3 is 2.68 bits per heavy atom. The molecule has 0 saturated carbocycles. The van der Waals surface area contributed by atoms with Crippen LogP contribution < -0.4 is 5.32 Å². The van der Waals surface area contributed by atoms with Gasteiger partial charge in [-0.05, 0) is 35.3 Å². The van der Waals surface area contributed by atoms with Gasteiger partial charge in [-0.3, -0.25) is 9.59 Å². The number of halogens is 1. The van der Waals surface area contributed by atoms with E-state index in [1.54, 1.807) is 18.2 Å². The van der Waals surface area contributed by atoms with Gasteiger partial charge in [0.25, 0.3) is 5.91 Å². The zero-order valence-corrected chi connectivity index (χ0v) is 15.4. The number of hydrogen-bond donors (Lipinski definition) is 1. The molecule has 1 aromatic heterocycles. The average Bonchev–Trinajstić information content (AvgIpc) is 3.01. The van der Waals surface area contributed by atoms with Crippen molar-refractivity contribution in [3.63, 3.8) is 0 Å². The summed E-state index contributed by atoms with van der Waals surface area (Å²) in [5.41, 5.74) is 1.72. The van der Waals surface area contributed by atoms with Crippen LogP contribution in [0.5, 0.6) is 0 Å². The van der Waals surface area contributed by atoms with Crippen LogP contribution in [0.15, 0.2) is 42.5 Å². The summed E-state index contributed by atoms with van der Waals surface area (Å²) in [4.78, 5) is 24.4. The lowest BCUT2D eigenvalue weighted by Crippen LogP contribution is -2.13. The SMILES string of the molecule is CC(C)C(=O)Cc1ccc(NC(=O)c2nsc3ccccc23)c(Cl)c1. The number of aromatic nitrogens is 1. The number of anilines is 1. The molecule has 0 fully saturated rings. The Morgan fingerprint density at radius 1 is 1.20 bits per heavy atom. The van der Waals surface area contributed by atoms with Crippen LogP contribution in [0, 0.1) is 5.92 Å². The number of Topliss-reactive ketones (excluding diaryl/α,β-unsaturated/α-hetero) is 1. The Morgan fingerprint density at radius 2 is 1.96 bits per heavy atom. The van der Waals surface area contributed by atoms with Crippen molar-refractivity contribution in [2.45, 2.75) is 20.3 Å². The third-order valence-corrected chi connectivity index (χ3v) is 5.04. The molecule has 0 aliphatic rings. The summed E-state index contributed by atoms with van der Waals surface area (Å²) in [5.74, 6) is -0.164. The fourth-order valence-corrected chi connectivity index (χ4v) is 3.43. The van der Waals surface area contributed by atoms with Gasteiger partial charge >= 0.3 is 0 Å². The normalized spacial score (nSPS) is 11.0. The van der Waals surface area contributed by atoms with Gasteiger partial charge in [-0.2, -0.15) is 4.37 Å². The zero-order chi connectivity index (χ0) is 18.0. The first-order valence-corrected chi connectivity index (χ1v) is 9.07. The molecule has 128 valence electrons. The monoisotopic (exact) mass is 372 g/mol. The molecule has 1 amide bonds. The predicted molar refractivity (Wildman–Crippen MR) is 103 cm³/mol. The van der Waals surface area contributed by atoms with E-state index in [-0.39, 0.29) is 17.6 Å². The van der Waals surface area contributed by atoms with E-state index in [0.29, 0.717) is 22.8 Å². The van der Waals surface area contributed by atoms with Gasteiger partial charge in [0.1, 0.15) is 11.5 Å². The number of hydrogen-bond acceptors (Lipinski definition) is 4. The van der Waals surface area contributed by atoms with Gasteiger partial charge in [-0.25, -0.2) is 0 Å². The van der Waals surface area contributed by atoms with Crippen molar-refractivity contribution in [1.82, 2.24) is 4.37 Å².